The van der Waals surface area contributed by atoms with Gasteiger partial charge in [-0.1, -0.05) is 22.0 Å². The molecule has 0 fully saturated rings. The molecule has 1 rings (SSSR count). The summed E-state index contributed by atoms with van der Waals surface area (Å²) >= 11 is 3.30. The second-order valence-corrected chi connectivity index (χ2v) is 3.50. The number of rotatable bonds is 3. The van der Waals surface area contributed by atoms with Gasteiger partial charge in [0, 0.05) is 4.47 Å². The molecule has 3 nitrogen and oxygen atoms in total. The lowest BCUT2D eigenvalue weighted by atomic mass is 10.1. The summed E-state index contributed by atoms with van der Waals surface area (Å²) in [4.78, 5) is 10.6. The van der Waals surface area contributed by atoms with Crippen molar-refractivity contribution in [1.82, 2.24) is 0 Å². The van der Waals surface area contributed by atoms with Crippen molar-refractivity contribution in [1.29, 1.82) is 0 Å². The van der Waals surface area contributed by atoms with Gasteiger partial charge < -0.3 is 10.8 Å². The fourth-order valence-corrected chi connectivity index (χ4v) is 1.62. The summed E-state index contributed by atoms with van der Waals surface area (Å²) in [6.45, 7) is 0.561. The van der Waals surface area contributed by atoms with Gasteiger partial charge in [0.2, 0.25) is 0 Å². The molecular formula is C9H10BrNO2. The maximum Gasteiger partial charge on any atom is 0.335 e. The summed E-state index contributed by atoms with van der Waals surface area (Å²) in [5.74, 6) is -0.917. The summed E-state index contributed by atoms with van der Waals surface area (Å²) in [5.41, 5.74) is 6.71. The van der Waals surface area contributed by atoms with Crippen LogP contribution >= 0.6 is 15.9 Å². The van der Waals surface area contributed by atoms with Crippen LogP contribution in [0, 0.1) is 0 Å². The topological polar surface area (TPSA) is 63.3 Å². The Labute approximate surface area is 84.7 Å². The number of carbonyl (C=O) groups is 1. The van der Waals surface area contributed by atoms with E-state index < -0.39 is 5.97 Å². The first-order valence-corrected chi connectivity index (χ1v) is 4.66. The van der Waals surface area contributed by atoms with Gasteiger partial charge in [-0.3, -0.25) is 0 Å². The first-order valence-electron chi connectivity index (χ1n) is 3.87. The molecule has 1 aromatic rings. The number of carboxylic acids is 1. The molecule has 0 amide bonds. The Morgan fingerprint density at radius 1 is 1.54 bits per heavy atom. The van der Waals surface area contributed by atoms with E-state index in [2.05, 4.69) is 15.9 Å². The van der Waals surface area contributed by atoms with Crippen LogP contribution in [0.4, 0.5) is 0 Å². The quantitative estimate of drug-likeness (QED) is 0.849. The fraction of sp³-hybridized carbons (Fsp3) is 0.222. The van der Waals surface area contributed by atoms with Gasteiger partial charge in [-0.15, -0.1) is 0 Å². The van der Waals surface area contributed by atoms with Crippen LogP contribution in [0.15, 0.2) is 22.7 Å². The van der Waals surface area contributed by atoms with Crippen molar-refractivity contribution in [2.45, 2.75) is 6.42 Å². The van der Waals surface area contributed by atoms with E-state index in [0.29, 0.717) is 6.54 Å². The molecule has 3 N–H and O–H groups in total. The number of nitrogens with two attached hydrogens (primary N) is 1. The Hall–Kier alpha value is -0.870. The van der Waals surface area contributed by atoms with Crippen molar-refractivity contribution in [3.05, 3.63) is 33.8 Å². The molecule has 13 heavy (non-hydrogen) atoms. The van der Waals surface area contributed by atoms with Gasteiger partial charge >= 0.3 is 5.97 Å². The summed E-state index contributed by atoms with van der Waals surface area (Å²) < 4.78 is 0.804. The van der Waals surface area contributed by atoms with Crippen LogP contribution in [0.25, 0.3) is 0 Å². The highest BCUT2D eigenvalue weighted by atomic mass is 79.9. The van der Waals surface area contributed by atoms with Gasteiger partial charge in [0.1, 0.15) is 0 Å². The third-order valence-corrected chi connectivity index (χ3v) is 2.45. The molecule has 0 spiro atoms. The van der Waals surface area contributed by atoms with E-state index in [-0.39, 0.29) is 5.56 Å². The zero-order chi connectivity index (χ0) is 9.84. The summed E-state index contributed by atoms with van der Waals surface area (Å²) in [5, 5.41) is 8.68. The molecule has 0 heterocycles. The number of hydrogen-bond acceptors (Lipinski definition) is 2. The van der Waals surface area contributed by atoms with Crippen LogP contribution in [0.3, 0.4) is 0 Å². The second kappa shape index (κ2) is 4.39. The van der Waals surface area contributed by atoms with Gasteiger partial charge in [-0.05, 0) is 30.7 Å². The van der Waals surface area contributed by atoms with E-state index in [0.717, 1.165) is 16.5 Å². The summed E-state index contributed by atoms with van der Waals surface area (Å²) in [6, 6.07) is 4.95. The van der Waals surface area contributed by atoms with Gasteiger partial charge in [-0.2, -0.15) is 0 Å². The molecule has 0 aromatic heterocycles. The molecule has 1 aromatic carbocycles. The predicted molar refractivity (Wildman–Crippen MR) is 53.9 cm³/mol. The average Bonchev–Trinajstić information content (AvgIpc) is 2.08. The van der Waals surface area contributed by atoms with Crippen LogP contribution in [0.1, 0.15) is 15.9 Å². The Morgan fingerprint density at radius 3 is 2.69 bits per heavy atom. The Kier molecular flexibility index (Phi) is 3.45. The second-order valence-electron chi connectivity index (χ2n) is 2.65. The predicted octanol–water partition coefficient (Wildman–Crippen LogP) is 1.65. The zero-order valence-corrected chi connectivity index (χ0v) is 8.54. The minimum absolute atomic E-state index is 0.285. The van der Waals surface area contributed by atoms with E-state index >= 15 is 0 Å². The minimum atomic E-state index is -0.917. The molecule has 0 saturated heterocycles. The lowest BCUT2D eigenvalue weighted by Crippen LogP contribution is -2.04. The highest BCUT2D eigenvalue weighted by molar-refractivity contribution is 9.10. The van der Waals surface area contributed by atoms with E-state index in [1.54, 1.807) is 18.2 Å². The van der Waals surface area contributed by atoms with Gasteiger partial charge in [0.25, 0.3) is 0 Å². The molecule has 0 aliphatic heterocycles. The third kappa shape index (κ3) is 2.54. The summed E-state index contributed by atoms with van der Waals surface area (Å²) in [7, 11) is 0. The number of hydrogen-bond donors (Lipinski definition) is 2. The number of halogens is 1. The van der Waals surface area contributed by atoms with Crippen LogP contribution in [-0.2, 0) is 6.42 Å². The molecule has 0 atom stereocenters. The summed E-state index contributed by atoms with van der Waals surface area (Å²) in [6.07, 6.45) is 0.750. The van der Waals surface area contributed by atoms with Crippen LogP contribution in [-0.4, -0.2) is 17.6 Å². The Morgan fingerprint density at radius 2 is 2.23 bits per heavy atom. The SMILES string of the molecule is NCCc1ccc(C(=O)O)cc1Br. The van der Waals surface area contributed by atoms with E-state index in [9.17, 15) is 4.79 Å². The molecule has 0 unspecified atom stereocenters. The lowest BCUT2D eigenvalue weighted by molar-refractivity contribution is 0.0697. The van der Waals surface area contributed by atoms with Gasteiger partial charge in [0.15, 0.2) is 0 Å². The minimum Gasteiger partial charge on any atom is -0.478 e. The highest BCUT2D eigenvalue weighted by Crippen LogP contribution is 2.18. The molecular weight excluding hydrogens is 234 g/mol. The van der Waals surface area contributed by atoms with Gasteiger partial charge in [-0.25, -0.2) is 4.79 Å². The maximum absolute atomic E-state index is 10.6. The van der Waals surface area contributed by atoms with E-state index in [1.807, 2.05) is 0 Å². The van der Waals surface area contributed by atoms with E-state index in [1.165, 1.54) is 0 Å². The first-order chi connectivity index (χ1) is 6.15. The first kappa shape index (κ1) is 10.2. The number of benzene rings is 1. The monoisotopic (exact) mass is 243 g/mol. The Bertz CT molecular complexity index is 325. The Balaban J connectivity index is 2.98. The average molecular weight is 244 g/mol. The molecule has 0 aliphatic carbocycles. The fourth-order valence-electron chi connectivity index (χ4n) is 1.04. The zero-order valence-electron chi connectivity index (χ0n) is 6.96. The van der Waals surface area contributed by atoms with Crippen molar-refractivity contribution >= 4 is 21.9 Å². The van der Waals surface area contributed by atoms with E-state index in [4.69, 9.17) is 10.8 Å². The van der Waals surface area contributed by atoms with Crippen LogP contribution in [0.2, 0.25) is 0 Å². The van der Waals surface area contributed by atoms with Gasteiger partial charge in [0.05, 0.1) is 5.56 Å². The molecule has 0 bridgehead atoms. The number of carboxylic acid groups (broad SMARTS) is 1. The van der Waals surface area contributed by atoms with Crippen molar-refractivity contribution in [3.8, 4) is 0 Å². The van der Waals surface area contributed by atoms with Crippen molar-refractivity contribution in [2.24, 2.45) is 5.73 Å². The molecule has 4 heteroatoms. The van der Waals surface area contributed by atoms with Crippen LogP contribution in [0.5, 0.6) is 0 Å². The number of aromatic carboxylic acids is 1. The maximum atomic E-state index is 10.6. The lowest BCUT2D eigenvalue weighted by Gasteiger charge is -2.03. The van der Waals surface area contributed by atoms with Crippen LogP contribution < -0.4 is 5.73 Å². The third-order valence-electron chi connectivity index (χ3n) is 1.71. The normalized spacial score (nSPS) is 10.0. The van der Waals surface area contributed by atoms with Crippen molar-refractivity contribution in [3.63, 3.8) is 0 Å². The molecule has 0 saturated carbocycles. The standard InChI is InChI=1S/C9H10BrNO2/c10-8-5-7(9(12)13)2-1-6(8)3-4-11/h1-2,5H,3-4,11H2,(H,12,13). The van der Waals surface area contributed by atoms with Crippen molar-refractivity contribution in [2.75, 3.05) is 6.54 Å². The van der Waals surface area contributed by atoms with Crippen molar-refractivity contribution < 1.29 is 9.90 Å². The molecule has 70 valence electrons. The molecule has 0 radical (unpaired) electrons. The smallest absolute Gasteiger partial charge is 0.335 e. The largest absolute Gasteiger partial charge is 0.478 e. The molecule has 0 aliphatic rings. The highest BCUT2D eigenvalue weighted by Gasteiger charge is 2.05.